The summed E-state index contributed by atoms with van der Waals surface area (Å²) < 4.78 is 162. The number of carboxylic acid groups (broad SMARTS) is 1. The van der Waals surface area contributed by atoms with E-state index in [1.54, 1.807) is 186 Å². The first-order valence-electron chi connectivity index (χ1n) is 48.4. The lowest BCUT2D eigenvalue weighted by atomic mass is 10.0. The average molecular weight is 2180 g/mol. The molecule has 144 heavy (non-hydrogen) atoms. The number of nitrogens with one attached hydrogen (secondary N) is 2. The molecule has 3 fully saturated rings. The molecule has 40 nitrogen and oxygen atoms in total. The van der Waals surface area contributed by atoms with Crippen molar-refractivity contribution in [3.63, 3.8) is 0 Å². The number of Topliss-reactive ketones (excluding diaryl/α,β-unsaturated/α-hetero) is 1. The Bertz CT molecular complexity index is 2190. The van der Waals surface area contributed by atoms with Crippen LogP contribution in [0.5, 0.6) is 0 Å². The molecule has 0 unspecified atom stereocenters. The minimum Gasteiger partial charge on any atom is -0.481 e. The number of methoxy groups -OCH3 is 23. The standard InChI is InChI=1S/C9H19NO2.C7H13NO3.C7H14O2.2C6H13NO3.C6H12O3S.C6H14O2.C6H12O2.C5H9F3O2.C5H11NO2.2C5H12O2.C5H12OS.C5H10O.C5H12O.C4H10O2.C4H10OS.C2H6O/c1-4-10(5-2)9(11)7-6-8-12-3;1-10-5-2-3-8-4-6-11-7(8)9;1-8-6-7-2-4-9-5-3-7;1-9-5-3-4-7-6(8)10-2;1-7-6(8)10-5-3-4-9-2;1-9-3-2-4-10-5-6(7)8;1-7-5-3-4-6-8-2;1-6(7)4-3-5-8-2;1-9-2-3-10-4-5(6,7)8;1-7-5-3-4-6-8-2;2*1-6-4-3-5-7-2;1-3-7-5-4-6-2;1-6-4-5-2-3-5;1-5(2)4-6-3;2*1-5-3-4-6-2;1-3-2/h4-8H2,1-3H3;2-6H2,1H3;7H,2-6H2,1H3;2*3-5H2,1-2H3,(H,7,8);2-5H2,1H3,(H,7,8);3-6H2,1-2H3;3-5H2,1-2H3;2-4H2,1H3;4H,3,5H2,1-2H3;3*3-5H2,1-2H3;5H,2-4H2,1H3;5H,4H2,1-3H3;2*3-4H2,1-2H3;1-2H3/b;;;;;;;;;6-4+;;;;;;;;. The number of hydrogen-bond acceptors (Lipinski definition) is 38. The number of unbranched alkanes of at least 4 members (excludes halogenated alkanes) is 1. The van der Waals surface area contributed by atoms with Crippen LogP contribution in [0, 0.1) is 17.8 Å². The summed E-state index contributed by atoms with van der Waals surface area (Å²) in [5.41, 5.74) is 0. The number of rotatable bonds is 65. The van der Waals surface area contributed by atoms with Gasteiger partial charge in [-0.15, -0.1) is 0 Å². The summed E-state index contributed by atoms with van der Waals surface area (Å²) >= 11 is 5.13. The predicted molar refractivity (Wildman–Crippen MR) is 575 cm³/mol. The minimum absolute atomic E-state index is 0.0178. The molecule has 2 saturated heterocycles. The highest BCUT2D eigenvalue weighted by molar-refractivity contribution is 8.00. The second-order valence-electron chi connectivity index (χ2n) is 29.3. The number of alkyl carbamates (subject to hydrolysis) is 2. The Morgan fingerprint density at radius 3 is 1.22 bits per heavy atom. The molecule has 3 aliphatic rings. The molecule has 0 aromatic rings. The number of ketones is 1. The van der Waals surface area contributed by atoms with Gasteiger partial charge in [0.2, 0.25) is 5.91 Å². The fourth-order valence-corrected chi connectivity index (χ4v) is 9.97. The molecule has 0 aromatic carbocycles. The number of ether oxygens (including phenoxy) is 27. The van der Waals surface area contributed by atoms with E-state index in [-0.39, 0.29) is 36.8 Å². The number of hydrogen-bond donors (Lipinski definition) is 3. The smallest absolute Gasteiger partial charge is 0.411 e. The zero-order valence-corrected chi connectivity index (χ0v) is 98.5. The van der Waals surface area contributed by atoms with Gasteiger partial charge in [0.05, 0.1) is 72.3 Å². The topological polar surface area (TPSA) is 424 Å². The molecule has 0 spiro atoms. The molecule has 3 N–H and O–H groups in total. The van der Waals surface area contributed by atoms with Gasteiger partial charge in [0, 0.05) is 352 Å². The van der Waals surface area contributed by atoms with Crippen LogP contribution in [0.3, 0.4) is 0 Å². The Kier molecular flexibility index (Phi) is 206. The van der Waals surface area contributed by atoms with Crippen LogP contribution in [-0.2, 0) is 147 Å². The van der Waals surface area contributed by atoms with E-state index in [0.717, 1.165) is 212 Å². The number of halogens is 3. The van der Waals surface area contributed by atoms with Crippen LogP contribution in [0.2, 0.25) is 0 Å². The molecule has 46 heteroatoms. The van der Waals surface area contributed by atoms with E-state index in [2.05, 4.69) is 80.8 Å². The number of alkyl halides is 3. The SMILES string of the molecule is CCN(CC)C(=O)CCCOC.CCSCCOC.CNC(=O)OCCCOC.COC.COCC(C)C.COCC/C=N/OC.COCC1CC1.COCC1CCOCC1.COCCCC(C)=O.COCCCCOC.COCCCN1CCOC1=O.COCCCNC(=O)OC.COCCCOC.COCCCOC.COCCCSCC(=O)O.COCCOC.COCCOCC(F)(F)F.COCCSC. The van der Waals surface area contributed by atoms with Crippen LogP contribution in [0.1, 0.15) is 151 Å². The molecule has 0 bridgehead atoms. The predicted octanol–water partition coefficient (Wildman–Crippen LogP) is 14.9. The monoisotopic (exact) mass is 2170 g/mol. The fraction of sp³-hybridized carbons (Fsp3) is 0.929. The van der Waals surface area contributed by atoms with E-state index in [9.17, 15) is 41.9 Å². The molecule has 2 aliphatic heterocycles. The van der Waals surface area contributed by atoms with Gasteiger partial charge in [0.25, 0.3) is 0 Å². The number of carboxylic acids is 1. The molecule has 2 heterocycles. The minimum atomic E-state index is -4.23. The number of thioether (sulfide) groups is 3. The number of nitrogens with zero attached hydrogens (tertiary/aromatic N) is 3. The number of oxime groups is 1. The van der Waals surface area contributed by atoms with Crippen molar-refractivity contribution in [1.82, 2.24) is 20.4 Å². The number of carbonyl (C=O) groups is 6. The maximum atomic E-state index is 11.4. The summed E-state index contributed by atoms with van der Waals surface area (Å²) in [6.07, 6.45) is 15.0. The molecule has 0 aromatic heterocycles. The van der Waals surface area contributed by atoms with Crippen LogP contribution >= 0.6 is 35.3 Å². The average Bonchev–Trinajstić information content (AvgIpc) is 1.78. The second kappa shape index (κ2) is 172. The molecule has 0 atom stereocenters. The van der Waals surface area contributed by atoms with Gasteiger partial charge in [-0.3, -0.25) is 9.59 Å². The van der Waals surface area contributed by atoms with Crippen molar-refractivity contribution in [2.45, 2.75) is 157 Å². The molecule has 4 amide bonds. The van der Waals surface area contributed by atoms with Crippen molar-refractivity contribution in [1.29, 1.82) is 0 Å². The van der Waals surface area contributed by atoms with Gasteiger partial charge in [-0.05, 0) is 140 Å². The highest BCUT2D eigenvalue weighted by Crippen LogP contribution is 2.28. The molecule has 880 valence electrons. The number of aliphatic carboxylic acids is 1. The zero-order chi connectivity index (χ0) is 113. The molecule has 0 radical (unpaired) electrons. The van der Waals surface area contributed by atoms with E-state index < -0.39 is 30.9 Å². The maximum absolute atomic E-state index is 11.4. The normalized spacial score (nSPS) is 11.5. The number of carbonyl (C=O) groups excluding carboxylic acids is 5. The third kappa shape index (κ3) is 226. The third-order valence-electron chi connectivity index (χ3n) is 15.8. The van der Waals surface area contributed by atoms with Crippen molar-refractivity contribution in [3.8, 4) is 0 Å². The van der Waals surface area contributed by atoms with Gasteiger partial charge in [-0.1, -0.05) is 25.9 Å². The van der Waals surface area contributed by atoms with Crippen molar-refractivity contribution in [3.05, 3.63) is 0 Å². The number of amides is 4. The number of cyclic esters (lactones) is 1. The molecular weight excluding hydrogens is 1960 g/mol. The lowest BCUT2D eigenvalue weighted by Crippen LogP contribution is -2.30. The molecular formula is C98H214F3N5O35S3. The summed E-state index contributed by atoms with van der Waals surface area (Å²) in [6, 6.07) is 0. The van der Waals surface area contributed by atoms with Crippen molar-refractivity contribution < 1.29 is 180 Å². The summed E-state index contributed by atoms with van der Waals surface area (Å²) in [5, 5.41) is 16.6. The Hall–Kier alpha value is -4.23. The quantitative estimate of drug-likeness (QED) is 0.0220. The van der Waals surface area contributed by atoms with Gasteiger partial charge in [-0.2, -0.15) is 48.5 Å². The van der Waals surface area contributed by atoms with Crippen molar-refractivity contribution in [2.24, 2.45) is 22.9 Å². The summed E-state index contributed by atoms with van der Waals surface area (Å²) in [5.74, 6) is 6.58. The van der Waals surface area contributed by atoms with Crippen LogP contribution in [0.25, 0.3) is 0 Å². The van der Waals surface area contributed by atoms with E-state index >= 15 is 0 Å². The first-order valence-corrected chi connectivity index (χ1v) is 52.1. The summed E-state index contributed by atoms with van der Waals surface area (Å²) in [7, 11) is 42.7. The first kappa shape index (κ1) is 173. The Morgan fingerprint density at radius 2 is 0.882 bits per heavy atom. The highest BCUT2D eigenvalue weighted by atomic mass is 32.2. The van der Waals surface area contributed by atoms with Gasteiger partial charge in [-0.25, -0.2) is 14.4 Å². The second-order valence-corrected chi connectivity index (χ2v) is 32.8. The lowest BCUT2D eigenvalue weighted by Gasteiger charge is -2.20. The lowest BCUT2D eigenvalue weighted by molar-refractivity contribution is -0.176. The first-order chi connectivity index (χ1) is 69.3. The van der Waals surface area contributed by atoms with Gasteiger partial charge < -0.3 is 163 Å². The van der Waals surface area contributed by atoms with Crippen LogP contribution < -0.4 is 10.6 Å². The van der Waals surface area contributed by atoms with Crippen LogP contribution in [-0.4, -0.2) is 494 Å². The molecule has 1 saturated carbocycles. The van der Waals surface area contributed by atoms with Crippen molar-refractivity contribution in [2.75, 3.05) is 431 Å². The van der Waals surface area contributed by atoms with Crippen LogP contribution in [0.4, 0.5) is 27.6 Å². The third-order valence-corrected chi connectivity index (χ3v) is 18.2. The summed E-state index contributed by atoms with van der Waals surface area (Å²) in [6.45, 7) is 33.0. The Morgan fingerprint density at radius 1 is 0.479 bits per heavy atom. The van der Waals surface area contributed by atoms with Crippen molar-refractivity contribution >= 4 is 77.4 Å². The molecule has 3 rings (SSSR count). The van der Waals surface area contributed by atoms with E-state index in [4.69, 9.17) is 99.8 Å². The maximum Gasteiger partial charge on any atom is 0.411 e. The largest absolute Gasteiger partial charge is 0.481 e. The fourth-order valence-electron chi connectivity index (χ4n) is 8.42. The Labute approximate surface area is 883 Å². The van der Waals surface area contributed by atoms with Gasteiger partial charge >= 0.3 is 30.4 Å². The van der Waals surface area contributed by atoms with E-state index in [1.165, 1.54) is 71.6 Å². The van der Waals surface area contributed by atoms with E-state index in [0.29, 0.717) is 98.0 Å². The Balaban J connectivity index is -0.0000000946. The van der Waals surface area contributed by atoms with E-state index in [1.807, 2.05) is 30.5 Å². The molecule has 1 aliphatic carbocycles. The highest BCUT2D eigenvalue weighted by Gasteiger charge is 2.27. The van der Waals surface area contributed by atoms with Gasteiger partial charge in [0.1, 0.15) is 26.1 Å². The summed E-state index contributed by atoms with van der Waals surface area (Å²) in [4.78, 5) is 71.2. The van der Waals surface area contributed by atoms with Gasteiger partial charge in [0.15, 0.2) is 0 Å². The van der Waals surface area contributed by atoms with Crippen LogP contribution in [0.15, 0.2) is 5.16 Å². The zero-order valence-electron chi connectivity index (χ0n) is 96.0.